The molecule has 2 aliphatic rings. The van der Waals surface area contributed by atoms with E-state index in [0.717, 1.165) is 25.9 Å². The van der Waals surface area contributed by atoms with Gasteiger partial charge in [0.05, 0.1) is 25.4 Å². The SMILES string of the molecule is OC(COC1CCCc2ccccc21)C1CCOC1. The normalized spacial score (nSPS) is 28.1. The lowest BCUT2D eigenvalue weighted by Crippen LogP contribution is -2.27. The van der Waals surface area contributed by atoms with E-state index in [1.165, 1.54) is 17.5 Å². The average Bonchev–Trinajstić information content (AvgIpc) is 2.99. The number of rotatable bonds is 4. The van der Waals surface area contributed by atoms with Gasteiger partial charge in [-0.2, -0.15) is 0 Å². The maximum absolute atomic E-state index is 10.1. The van der Waals surface area contributed by atoms with Gasteiger partial charge < -0.3 is 14.6 Å². The Bertz CT molecular complexity index is 412. The third kappa shape index (κ3) is 2.99. The van der Waals surface area contributed by atoms with Gasteiger partial charge in [-0.3, -0.25) is 0 Å². The number of hydrogen-bond acceptors (Lipinski definition) is 3. The molecular weight excluding hydrogens is 240 g/mol. The molecule has 1 N–H and O–H groups in total. The number of aliphatic hydroxyl groups is 1. The number of fused-ring (bicyclic) bond motifs is 1. The van der Waals surface area contributed by atoms with Crippen LogP contribution in [0.1, 0.15) is 36.5 Å². The molecule has 3 rings (SSSR count). The topological polar surface area (TPSA) is 38.7 Å². The monoisotopic (exact) mass is 262 g/mol. The molecule has 3 heteroatoms. The highest BCUT2D eigenvalue weighted by Gasteiger charge is 2.26. The van der Waals surface area contributed by atoms with Crippen LogP contribution in [-0.2, 0) is 15.9 Å². The van der Waals surface area contributed by atoms with Gasteiger partial charge in [0, 0.05) is 12.5 Å². The Morgan fingerprint density at radius 2 is 2.21 bits per heavy atom. The van der Waals surface area contributed by atoms with E-state index in [1.54, 1.807) is 0 Å². The van der Waals surface area contributed by atoms with Gasteiger partial charge in [0.15, 0.2) is 0 Å². The first kappa shape index (κ1) is 13.1. The van der Waals surface area contributed by atoms with Gasteiger partial charge in [-0.25, -0.2) is 0 Å². The Balaban J connectivity index is 1.58. The summed E-state index contributed by atoms with van der Waals surface area (Å²) in [6.45, 7) is 1.87. The Hall–Kier alpha value is -0.900. The predicted octanol–water partition coefficient (Wildman–Crippen LogP) is 2.48. The van der Waals surface area contributed by atoms with Crippen LogP contribution in [0, 0.1) is 5.92 Å². The van der Waals surface area contributed by atoms with E-state index in [4.69, 9.17) is 9.47 Å². The molecule has 0 spiro atoms. The highest BCUT2D eigenvalue weighted by atomic mass is 16.5. The van der Waals surface area contributed by atoms with Gasteiger partial charge in [-0.15, -0.1) is 0 Å². The summed E-state index contributed by atoms with van der Waals surface area (Å²) in [5.74, 6) is 0.249. The maximum Gasteiger partial charge on any atom is 0.0829 e. The molecule has 0 radical (unpaired) electrons. The first-order valence-corrected chi connectivity index (χ1v) is 7.30. The molecule has 19 heavy (non-hydrogen) atoms. The summed E-state index contributed by atoms with van der Waals surface area (Å²) in [4.78, 5) is 0. The lowest BCUT2D eigenvalue weighted by molar-refractivity contribution is -0.0388. The first-order valence-electron chi connectivity index (χ1n) is 7.30. The number of hydrogen-bond donors (Lipinski definition) is 1. The molecule has 1 aliphatic heterocycles. The number of aryl methyl sites for hydroxylation is 1. The van der Waals surface area contributed by atoms with Crippen molar-refractivity contribution in [3.63, 3.8) is 0 Å². The number of benzene rings is 1. The van der Waals surface area contributed by atoms with Crippen molar-refractivity contribution in [3.05, 3.63) is 35.4 Å². The third-order valence-electron chi connectivity index (χ3n) is 4.29. The van der Waals surface area contributed by atoms with Crippen molar-refractivity contribution in [2.45, 2.75) is 37.9 Å². The summed E-state index contributed by atoms with van der Waals surface area (Å²) in [6, 6.07) is 8.50. The van der Waals surface area contributed by atoms with Crippen molar-refractivity contribution in [2.75, 3.05) is 19.8 Å². The third-order valence-corrected chi connectivity index (χ3v) is 4.29. The molecule has 1 heterocycles. The number of aliphatic hydroxyl groups excluding tert-OH is 1. The van der Waals surface area contributed by atoms with E-state index in [-0.39, 0.29) is 12.0 Å². The van der Waals surface area contributed by atoms with Gasteiger partial charge >= 0.3 is 0 Å². The fourth-order valence-corrected chi connectivity index (χ4v) is 3.09. The summed E-state index contributed by atoms with van der Waals surface area (Å²) < 4.78 is 11.3. The van der Waals surface area contributed by atoms with Crippen molar-refractivity contribution in [2.24, 2.45) is 5.92 Å². The van der Waals surface area contributed by atoms with Crippen molar-refractivity contribution >= 4 is 0 Å². The predicted molar refractivity (Wildman–Crippen MR) is 73.0 cm³/mol. The van der Waals surface area contributed by atoms with Crippen LogP contribution in [0.3, 0.4) is 0 Å². The molecule has 0 aromatic heterocycles. The fraction of sp³-hybridized carbons (Fsp3) is 0.625. The molecule has 0 amide bonds. The lowest BCUT2D eigenvalue weighted by atomic mass is 9.89. The lowest BCUT2D eigenvalue weighted by Gasteiger charge is -2.27. The minimum absolute atomic E-state index is 0.155. The van der Waals surface area contributed by atoms with Crippen molar-refractivity contribution in [1.29, 1.82) is 0 Å². The van der Waals surface area contributed by atoms with Crippen molar-refractivity contribution in [1.82, 2.24) is 0 Å². The van der Waals surface area contributed by atoms with Crippen LogP contribution in [0.4, 0.5) is 0 Å². The van der Waals surface area contributed by atoms with Crippen LogP contribution in [0.5, 0.6) is 0 Å². The number of ether oxygens (including phenoxy) is 2. The molecule has 1 aliphatic carbocycles. The summed E-state index contributed by atoms with van der Waals surface area (Å²) in [5.41, 5.74) is 2.71. The van der Waals surface area contributed by atoms with Crippen LogP contribution in [0.2, 0.25) is 0 Å². The minimum Gasteiger partial charge on any atom is -0.390 e. The summed E-state index contributed by atoms with van der Waals surface area (Å²) >= 11 is 0. The molecule has 1 aromatic rings. The van der Waals surface area contributed by atoms with Gasteiger partial charge in [-0.1, -0.05) is 24.3 Å². The van der Waals surface area contributed by atoms with E-state index < -0.39 is 6.10 Å². The fourth-order valence-electron chi connectivity index (χ4n) is 3.09. The van der Waals surface area contributed by atoms with Crippen LogP contribution < -0.4 is 0 Å². The Morgan fingerprint density at radius 3 is 3.05 bits per heavy atom. The summed E-state index contributed by atoms with van der Waals surface area (Å²) in [7, 11) is 0. The Labute approximate surface area is 114 Å². The standard InChI is InChI=1S/C16H22O3/c17-15(13-8-9-18-10-13)11-19-16-7-3-5-12-4-1-2-6-14(12)16/h1-2,4,6,13,15-17H,3,5,7-11H2. The highest BCUT2D eigenvalue weighted by molar-refractivity contribution is 5.31. The second-order valence-electron chi connectivity index (χ2n) is 5.60. The van der Waals surface area contributed by atoms with E-state index in [9.17, 15) is 5.11 Å². The van der Waals surface area contributed by atoms with Gasteiger partial charge in [0.25, 0.3) is 0 Å². The van der Waals surface area contributed by atoms with Crippen molar-refractivity contribution < 1.29 is 14.6 Å². The molecular formula is C16H22O3. The van der Waals surface area contributed by atoms with E-state index in [1.807, 2.05) is 0 Å². The molecule has 3 atom stereocenters. The zero-order chi connectivity index (χ0) is 13.1. The molecule has 0 bridgehead atoms. The second kappa shape index (κ2) is 6.04. The quantitative estimate of drug-likeness (QED) is 0.906. The van der Waals surface area contributed by atoms with Crippen molar-refractivity contribution in [3.8, 4) is 0 Å². The van der Waals surface area contributed by atoms with Crippen LogP contribution >= 0.6 is 0 Å². The zero-order valence-corrected chi connectivity index (χ0v) is 11.3. The van der Waals surface area contributed by atoms with Gasteiger partial charge in [0.2, 0.25) is 0 Å². The van der Waals surface area contributed by atoms with Gasteiger partial charge in [-0.05, 0) is 36.8 Å². The van der Waals surface area contributed by atoms with Gasteiger partial charge in [0.1, 0.15) is 0 Å². The molecule has 1 aromatic carbocycles. The van der Waals surface area contributed by atoms with E-state index in [2.05, 4.69) is 24.3 Å². The van der Waals surface area contributed by atoms with Crippen LogP contribution in [0.25, 0.3) is 0 Å². The largest absolute Gasteiger partial charge is 0.390 e. The molecule has 1 saturated heterocycles. The highest BCUT2D eigenvalue weighted by Crippen LogP contribution is 2.32. The minimum atomic E-state index is -0.392. The van der Waals surface area contributed by atoms with Crippen LogP contribution in [0.15, 0.2) is 24.3 Å². The zero-order valence-electron chi connectivity index (χ0n) is 11.3. The Kier molecular flexibility index (Phi) is 4.16. The summed E-state index contributed by atoms with van der Waals surface area (Å²) in [5, 5.41) is 10.1. The summed E-state index contributed by atoms with van der Waals surface area (Å²) in [6.07, 6.45) is 4.09. The smallest absolute Gasteiger partial charge is 0.0829 e. The average molecular weight is 262 g/mol. The molecule has 3 unspecified atom stereocenters. The maximum atomic E-state index is 10.1. The second-order valence-corrected chi connectivity index (χ2v) is 5.60. The molecule has 0 saturated carbocycles. The van der Waals surface area contributed by atoms with E-state index >= 15 is 0 Å². The molecule has 104 valence electrons. The molecule has 3 nitrogen and oxygen atoms in total. The first-order chi connectivity index (χ1) is 9.34. The van der Waals surface area contributed by atoms with E-state index in [0.29, 0.717) is 13.2 Å². The molecule has 1 fully saturated rings. The van der Waals surface area contributed by atoms with Crippen LogP contribution in [-0.4, -0.2) is 31.0 Å². The Morgan fingerprint density at radius 1 is 1.32 bits per heavy atom.